The number of benzene rings is 4. The Bertz CT molecular complexity index is 1700. The summed E-state index contributed by atoms with van der Waals surface area (Å²) >= 11 is 3.48. The number of anilines is 1. The summed E-state index contributed by atoms with van der Waals surface area (Å²) in [6.45, 7) is 5.65. The lowest BCUT2D eigenvalue weighted by Crippen LogP contribution is -2.53. The molecule has 0 heterocycles. The molecule has 0 radical (unpaired) electrons. The topological polar surface area (TPSA) is 86.8 Å². The predicted octanol–water partition coefficient (Wildman–Crippen LogP) is 6.50. The summed E-state index contributed by atoms with van der Waals surface area (Å²) in [5, 5.41) is 2.97. The summed E-state index contributed by atoms with van der Waals surface area (Å²) in [6, 6.07) is 27.0. The highest BCUT2D eigenvalue weighted by Crippen LogP contribution is 2.26. The van der Waals surface area contributed by atoms with Crippen LogP contribution in [0.2, 0.25) is 0 Å². The van der Waals surface area contributed by atoms with Crippen LogP contribution >= 0.6 is 15.9 Å². The predicted molar refractivity (Wildman–Crippen MR) is 179 cm³/mol. The van der Waals surface area contributed by atoms with Gasteiger partial charge in [0.1, 0.15) is 18.4 Å². The fourth-order valence-corrected chi connectivity index (χ4v) is 6.64. The number of hydrogen-bond donors (Lipinski definition) is 1. The molecule has 0 aliphatic rings. The molecule has 0 aliphatic heterocycles. The molecular weight excluding hydrogens is 657 g/mol. The zero-order chi connectivity index (χ0) is 32.6. The van der Waals surface area contributed by atoms with Crippen LogP contribution in [-0.2, 0) is 32.6 Å². The van der Waals surface area contributed by atoms with E-state index in [0.29, 0.717) is 6.54 Å². The van der Waals surface area contributed by atoms with Crippen molar-refractivity contribution in [3.05, 3.63) is 130 Å². The first-order chi connectivity index (χ1) is 21.4. The van der Waals surface area contributed by atoms with Crippen LogP contribution in [0.4, 0.5) is 10.1 Å². The Morgan fingerprint density at radius 1 is 0.867 bits per heavy atom. The van der Waals surface area contributed by atoms with Crippen LogP contribution < -0.4 is 9.62 Å². The maximum atomic E-state index is 14.4. The van der Waals surface area contributed by atoms with E-state index in [4.69, 9.17) is 0 Å². The highest BCUT2D eigenvalue weighted by molar-refractivity contribution is 9.10. The Morgan fingerprint density at radius 3 is 2.13 bits per heavy atom. The Balaban J connectivity index is 1.79. The summed E-state index contributed by atoms with van der Waals surface area (Å²) in [7, 11) is -4.26. The van der Waals surface area contributed by atoms with Gasteiger partial charge >= 0.3 is 0 Å². The van der Waals surface area contributed by atoms with E-state index in [0.717, 1.165) is 37.6 Å². The van der Waals surface area contributed by atoms with Crippen molar-refractivity contribution >= 4 is 43.5 Å². The summed E-state index contributed by atoms with van der Waals surface area (Å²) in [6.07, 6.45) is 0.214. The monoisotopic (exact) mass is 693 g/mol. The first-order valence-corrected chi connectivity index (χ1v) is 16.9. The molecule has 0 saturated heterocycles. The lowest BCUT2D eigenvalue weighted by molar-refractivity contribution is -0.140. The summed E-state index contributed by atoms with van der Waals surface area (Å²) in [5.74, 6) is -1.30. The molecule has 7 nitrogen and oxygen atoms in total. The van der Waals surface area contributed by atoms with E-state index >= 15 is 0 Å². The average molecular weight is 695 g/mol. The zero-order valence-corrected chi connectivity index (χ0v) is 27.9. The normalized spacial score (nSPS) is 12.0. The van der Waals surface area contributed by atoms with Crippen LogP contribution in [0.25, 0.3) is 0 Å². The number of rotatable bonds is 13. The summed E-state index contributed by atoms with van der Waals surface area (Å²) in [4.78, 5) is 29.7. The van der Waals surface area contributed by atoms with Crippen LogP contribution in [0.5, 0.6) is 0 Å². The lowest BCUT2D eigenvalue weighted by atomic mass is 10.0. The number of amides is 2. The van der Waals surface area contributed by atoms with Crippen molar-refractivity contribution in [2.75, 3.05) is 17.4 Å². The van der Waals surface area contributed by atoms with Crippen LogP contribution in [0.15, 0.2) is 112 Å². The molecule has 45 heavy (non-hydrogen) atoms. The second-order valence-electron chi connectivity index (χ2n) is 11.3. The fraction of sp³-hybridized carbons (Fsp3) is 0.257. The van der Waals surface area contributed by atoms with E-state index < -0.39 is 34.3 Å². The van der Waals surface area contributed by atoms with Crippen LogP contribution in [0.1, 0.15) is 30.5 Å². The van der Waals surface area contributed by atoms with Gasteiger partial charge in [-0.25, -0.2) is 12.8 Å². The minimum Gasteiger partial charge on any atom is -0.354 e. The Morgan fingerprint density at radius 2 is 1.51 bits per heavy atom. The van der Waals surface area contributed by atoms with Crippen molar-refractivity contribution in [3.8, 4) is 0 Å². The van der Waals surface area contributed by atoms with Crippen LogP contribution in [-0.4, -0.2) is 44.3 Å². The molecule has 0 unspecified atom stereocenters. The molecule has 10 heteroatoms. The highest BCUT2D eigenvalue weighted by atomic mass is 79.9. The van der Waals surface area contributed by atoms with Crippen molar-refractivity contribution in [1.82, 2.24) is 10.2 Å². The fourth-order valence-electron chi connectivity index (χ4n) is 4.78. The molecule has 4 aromatic carbocycles. The molecule has 1 atom stereocenters. The molecule has 0 aliphatic carbocycles. The standard InChI is InChI=1S/C35H37BrFN3O4S/c1-25(2)22-38-35(42)33(21-27-8-5-4-6-9-27)39(23-28-10-7-11-29(36)20-28)34(41)24-40(31-16-14-30(37)15-17-31)45(43,44)32-18-12-26(3)13-19-32/h4-20,25,33H,21-24H2,1-3H3,(H,38,42)/t33-/m0/s1. The van der Waals surface area contributed by atoms with Gasteiger partial charge in [-0.2, -0.15) is 0 Å². The first kappa shape index (κ1) is 33.9. The van der Waals surface area contributed by atoms with Crippen LogP contribution in [0.3, 0.4) is 0 Å². The van der Waals surface area contributed by atoms with Gasteiger partial charge in [-0.3, -0.25) is 13.9 Å². The van der Waals surface area contributed by atoms with Gasteiger partial charge in [0.05, 0.1) is 10.6 Å². The third-order valence-electron chi connectivity index (χ3n) is 7.20. The van der Waals surface area contributed by atoms with Gasteiger partial charge in [0.2, 0.25) is 11.8 Å². The molecule has 0 bridgehead atoms. The second kappa shape index (κ2) is 15.3. The molecule has 0 saturated carbocycles. The number of nitrogens with one attached hydrogen (secondary N) is 1. The summed E-state index contributed by atoms with van der Waals surface area (Å²) < 4.78 is 43.8. The number of carbonyl (C=O) groups is 2. The maximum Gasteiger partial charge on any atom is 0.264 e. The Kier molecular flexibility index (Phi) is 11.5. The average Bonchev–Trinajstić information content (AvgIpc) is 3.01. The highest BCUT2D eigenvalue weighted by Gasteiger charge is 2.34. The van der Waals surface area contributed by atoms with E-state index in [2.05, 4.69) is 21.2 Å². The van der Waals surface area contributed by atoms with E-state index in [1.54, 1.807) is 12.1 Å². The molecule has 0 fully saturated rings. The van der Waals surface area contributed by atoms with Gasteiger partial charge in [-0.1, -0.05) is 89.9 Å². The van der Waals surface area contributed by atoms with Gasteiger partial charge in [-0.15, -0.1) is 0 Å². The molecule has 4 aromatic rings. The molecule has 236 valence electrons. The van der Waals surface area contributed by atoms with Gasteiger partial charge in [0.15, 0.2) is 0 Å². The largest absolute Gasteiger partial charge is 0.354 e. The quantitative estimate of drug-likeness (QED) is 0.173. The number of aryl methyl sites for hydroxylation is 1. The molecule has 4 rings (SSSR count). The minimum absolute atomic E-state index is 0.0146. The molecule has 1 N–H and O–H groups in total. The van der Waals surface area contributed by atoms with Gasteiger partial charge < -0.3 is 10.2 Å². The van der Waals surface area contributed by atoms with Gasteiger partial charge in [-0.05, 0) is 72.5 Å². The van der Waals surface area contributed by atoms with Crippen LogP contribution in [0, 0.1) is 18.7 Å². The van der Waals surface area contributed by atoms with Crippen molar-refractivity contribution in [3.63, 3.8) is 0 Å². The second-order valence-corrected chi connectivity index (χ2v) is 14.1. The van der Waals surface area contributed by atoms with Gasteiger partial charge in [0, 0.05) is 24.0 Å². The Labute approximate surface area is 273 Å². The van der Waals surface area contributed by atoms with E-state index in [1.807, 2.05) is 75.4 Å². The van der Waals surface area contributed by atoms with Crippen molar-refractivity contribution in [2.45, 2.75) is 44.7 Å². The maximum absolute atomic E-state index is 14.4. The molecule has 0 spiro atoms. The minimum atomic E-state index is -4.26. The van der Waals surface area contributed by atoms with Crippen molar-refractivity contribution in [2.24, 2.45) is 5.92 Å². The lowest BCUT2D eigenvalue weighted by Gasteiger charge is -2.34. The summed E-state index contributed by atoms with van der Waals surface area (Å²) in [5.41, 5.74) is 2.59. The first-order valence-electron chi connectivity index (χ1n) is 14.6. The third-order valence-corrected chi connectivity index (χ3v) is 9.48. The number of hydrogen-bond acceptors (Lipinski definition) is 4. The number of nitrogens with zero attached hydrogens (tertiary/aromatic N) is 2. The van der Waals surface area contributed by atoms with E-state index in [9.17, 15) is 22.4 Å². The van der Waals surface area contributed by atoms with E-state index in [-0.39, 0.29) is 35.4 Å². The molecule has 0 aromatic heterocycles. The van der Waals surface area contributed by atoms with Gasteiger partial charge in [0.25, 0.3) is 10.0 Å². The third kappa shape index (κ3) is 9.25. The SMILES string of the molecule is Cc1ccc(S(=O)(=O)N(CC(=O)N(Cc2cccc(Br)c2)[C@@H](Cc2ccccc2)C(=O)NCC(C)C)c2ccc(F)cc2)cc1. The van der Waals surface area contributed by atoms with Crippen molar-refractivity contribution in [1.29, 1.82) is 0 Å². The Hall–Kier alpha value is -4.02. The van der Waals surface area contributed by atoms with Crippen molar-refractivity contribution < 1.29 is 22.4 Å². The smallest absolute Gasteiger partial charge is 0.264 e. The molecule has 2 amide bonds. The molecular formula is C35H37BrFN3O4S. The number of sulfonamides is 1. The van der Waals surface area contributed by atoms with E-state index in [1.165, 1.54) is 29.2 Å². The number of halogens is 2. The number of carbonyl (C=O) groups excluding carboxylic acids is 2. The zero-order valence-electron chi connectivity index (χ0n) is 25.5.